The molecule has 7 rings (SSSR count). The van der Waals surface area contributed by atoms with E-state index in [2.05, 4.69) is 67.0 Å². The van der Waals surface area contributed by atoms with Gasteiger partial charge in [-0.15, -0.1) is 0 Å². The van der Waals surface area contributed by atoms with E-state index in [1.165, 1.54) is 5.69 Å². The molecule has 2 aromatic heterocycles. The summed E-state index contributed by atoms with van der Waals surface area (Å²) in [5.41, 5.74) is 5.12. The fourth-order valence-corrected chi connectivity index (χ4v) is 5.56. The lowest BCUT2D eigenvalue weighted by molar-refractivity contribution is 0.174. The van der Waals surface area contributed by atoms with Crippen molar-refractivity contribution in [3.05, 3.63) is 72.7 Å². The standard InChI is InChI=1S/C30H32N8O2/c1-22-25(20-32-30(33-22)38-15-11-35(12-16-38)23-5-3-2-4-6-23)26-9-10-31-29(34-26)37-17-13-36(14-18-37)24-7-8-27-28(19-24)40-21-39-27/h2-10,19-20H,11-18,21H2,1H3. The van der Waals surface area contributed by atoms with Crippen molar-refractivity contribution in [2.24, 2.45) is 0 Å². The first-order chi connectivity index (χ1) is 19.7. The number of fused-ring (bicyclic) bond motifs is 1. The molecule has 4 aromatic rings. The number of hydrogen-bond donors (Lipinski definition) is 0. The lowest BCUT2D eigenvalue weighted by Gasteiger charge is -2.36. The van der Waals surface area contributed by atoms with Gasteiger partial charge in [-0.1, -0.05) is 18.2 Å². The van der Waals surface area contributed by atoms with E-state index in [1.54, 1.807) is 0 Å². The van der Waals surface area contributed by atoms with Crippen LogP contribution in [0.5, 0.6) is 11.5 Å². The van der Waals surface area contributed by atoms with Gasteiger partial charge in [0.25, 0.3) is 0 Å². The van der Waals surface area contributed by atoms with Crippen molar-refractivity contribution in [1.29, 1.82) is 0 Å². The Hall–Kier alpha value is -4.60. The molecular formula is C30H32N8O2. The first-order valence-electron chi connectivity index (χ1n) is 13.8. The normalized spacial score (nSPS) is 16.9. The Balaban J connectivity index is 1.00. The number of benzene rings is 2. The van der Waals surface area contributed by atoms with Crippen molar-refractivity contribution in [1.82, 2.24) is 19.9 Å². The molecule has 0 bridgehead atoms. The van der Waals surface area contributed by atoms with Gasteiger partial charge in [0.05, 0.1) is 11.4 Å². The summed E-state index contributed by atoms with van der Waals surface area (Å²) in [6.45, 7) is 9.43. The van der Waals surface area contributed by atoms with Crippen LogP contribution >= 0.6 is 0 Å². The fourth-order valence-electron chi connectivity index (χ4n) is 5.56. The van der Waals surface area contributed by atoms with Crippen LogP contribution in [0, 0.1) is 6.92 Å². The van der Waals surface area contributed by atoms with Gasteiger partial charge in [0.15, 0.2) is 11.5 Å². The lowest BCUT2D eigenvalue weighted by Crippen LogP contribution is -2.47. The van der Waals surface area contributed by atoms with E-state index < -0.39 is 0 Å². The minimum absolute atomic E-state index is 0.291. The van der Waals surface area contributed by atoms with E-state index in [9.17, 15) is 0 Å². The Morgan fingerprint density at radius 1 is 0.625 bits per heavy atom. The summed E-state index contributed by atoms with van der Waals surface area (Å²) in [6.07, 6.45) is 3.74. The molecule has 0 N–H and O–H groups in total. The molecule has 3 aliphatic rings. The Labute approximate surface area is 233 Å². The third kappa shape index (κ3) is 4.81. The molecule has 3 aliphatic heterocycles. The quantitative estimate of drug-likeness (QED) is 0.377. The predicted octanol–water partition coefficient (Wildman–Crippen LogP) is 3.62. The minimum Gasteiger partial charge on any atom is -0.454 e. The molecule has 0 unspecified atom stereocenters. The summed E-state index contributed by atoms with van der Waals surface area (Å²) in [5, 5.41) is 0. The Kier molecular flexibility index (Phi) is 6.43. The van der Waals surface area contributed by atoms with Crippen molar-refractivity contribution in [3.63, 3.8) is 0 Å². The van der Waals surface area contributed by atoms with Gasteiger partial charge in [-0.3, -0.25) is 0 Å². The number of aryl methyl sites for hydroxylation is 1. The monoisotopic (exact) mass is 536 g/mol. The van der Waals surface area contributed by atoms with Crippen LogP contribution in [-0.2, 0) is 0 Å². The van der Waals surface area contributed by atoms with Crippen LogP contribution in [0.4, 0.5) is 23.3 Å². The van der Waals surface area contributed by atoms with E-state index in [0.29, 0.717) is 6.79 Å². The molecule has 2 aromatic carbocycles. The topological polar surface area (TPSA) is 83.0 Å². The third-order valence-corrected chi connectivity index (χ3v) is 7.85. The third-order valence-electron chi connectivity index (χ3n) is 7.85. The molecule has 2 fully saturated rings. The molecule has 0 aliphatic carbocycles. The second-order valence-corrected chi connectivity index (χ2v) is 10.2. The number of ether oxygens (including phenoxy) is 2. The van der Waals surface area contributed by atoms with E-state index >= 15 is 0 Å². The molecule has 0 saturated carbocycles. The van der Waals surface area contributed by atoms with Crippen LogP contribution in [0.25, 0.3) is 11.3 Å². The summed E-state index contributed by atoms with van der Waals surface area (Å²) < 4.78 is 11.0. The fraction of sp³-hybridized carbons (Fsp3) is 0.333. The van der Waals surface area contributed by atoms with Crippen LogP contribution in [0.2, 0.25) is 0 Å². The van der Waals surface area contributed by atoms with Crippen molar-refractivity contribution < 1.29 is 9.47 Å². The number of nitrogens with zero attached hydrogens (tertiary/aromatic N) is 8. The largest absolute Gasteiger partial charge is 0.454 e. The number of anilines is 4. The van der Waals surface area contributed by atoms with Gasteiger partial charge >= 0.3 is 0 Å². The van der Waals surface area contributed by atoms with Gasteiger partial charge < -0.3 is 29.1 Å². The second-order valence-electron chi connectivity index (χ2n) is 10.2. The minimum atomic E-state index is 0.291. The molecule has 10 nitrogen and oxygen atoms in total. The summed E-state index contributed by atoms with van der Waals surface area (Å²) in [5.74, 6) is 3.14. The zero-order chi connectivity index (χ0) is 26.9. The SMILES string of the molecule is Cc1nc(N2CCN(c3ccccc3)CC2)ncc1-c1ccnc(N2CCN(c3ccc4c(c3)OCO4)CC2)n1. The Morgan fingerprint density at radius 2 is 1.27 bits per heavy atom. The van der Waals surface area contributed by atoms with Crippen molar-refractivity contribution in [2.75, 3.05) is 78.8 Å². The molecule has 0 amide bonds. The number of para-hydroxylation sites is 1. The predicted molar refractivity (Wildman–Crippen MR) is 156 cm³/mol. The van der Waals surface area contributed by atoms with Gasteiger partial charge in [0.1, 0.15) is 0 Å². The molecule has 10 heteroatoms. The van der Waals surface area contributed by atoms with Gasteiger partial charge in [0, 0.05) is 87.8 Å². The highest BCUT2D eigenvalue weighted by molar-refractivity contribution is 5.63. The van der Waals surface area contributed by atoms with Crippen LogP contribution < -0.4 is 29.1 Å². The van der Waals surface area contributed by atoms with E-state index in [4.69, 9.17) is 24.4 Å². The highest BCUT2D eigenvalue weighted by Gasteiger charge is 2.23. The maximum absolute atomic E-state index is 5.55. The molecule has 204 valence electrons. The summed E-state index contributed by atoms with van der Waals surface area (Å²) in [4.78, 5) is 28.4. The lowest BCUT2D eigenvalue weighted by atomic mass is 10.1. The van der Waals surface area contributed by atoms with Crippen molar-refractivity contribution in [2.45, 2.75) is 6.92 Å². The molecular weight excluding hydrogens is 504 g/mol. The first kappa shape index (κ1) is 24.4. The average molecular weight is 537 g/mol. The van der Waals surface area contributed by atoms with E-state index in [0.717, 1.165) is 98.4 Å². The van der Waals surface area contributed by atoms with Crippen LogP contribution in [0.1, 0.15) is 5.69 Å². The molecule has 0 spiro atoms. The average Bonchev–Trinajstić information content (AvgIpc) is 3.50. The van der Waals surface area contributed by atoms with Crippen LogP contribution in [-0.4, -0.2) is 79.1 Å². The maximum atomic E-state index is 5.55. The number of hydrogen-bond acceptors (Lipinski definition) is 10. The molecule has 0 atom stereocenters. The van der Waals surface area contributed by atoms with Crippen molar-refractivity contribution >= 4 is 23.3 Å². The van der Waals surface area contributed by atoms with Crippen LogP contribution in [0.15, 0.2) is 67.0 Å². The van der Waals surface area contributed by atoms with Gasteiger partial charge in [-0.2, -0.15) is 0 Å². The van der Waals surface area contributed by atoms with Gasteiger partial charge in [0.2, 0.25) is 18.7 Å². The maximum Gasteiger partial charge on any atom is 0.231 e. The molecule has 0 radical (unpaired) electrons. The summed E-state index contributed by atoms with van der Waals surface area (Å²) in [7, 11) is 0. The number of piperazine rings is 2. The summed E-state index contributed by atoms with van der Waals surface area (Å²) >= 11 is 0. The zero-order valence-electron chi connectivity index (χ0n) is 22.6. The molecule has 40 heavy (non-hydrogen) atoms. The smallest absolute Gasteiger partial charge is 0.231 e. The summed E-state index contributed by atoms with van der Waals surface area (Å²) in [6, 6.07) is 18.6. The molecule has 2 saturated heterocycles. The Bertz CT molecular complexity index is 1480. The van der Waals surface area contributed by atoms with Gasteiger partial charge in [-0.25, -0.2) is 19.9 Å². The zero-order valence-corrected chi connectivity index (χ0v) is 22.6. The van der Waals surface area contributed by atoms with Gasteiger partial charge in [-0.05, 0) is 37.3 Å². The number of aromatic nitrogens is 4. The van der Waals surface area contributed by atoms with E-state index in [-0.39, 0.29) is 0 Å². The highest BCUT2D eigenvalue weighted by atomic mass is 16.7. The first-order valence-corrected chi connectivity index (χ1v) is 13.8. The Morgan fingerprint density at radius 3 is 2.00 bits per heavy atom. The van der Waals surface area contributed by atoms with Crippen LogP contribution in [0.3, 0.4) is 0 Å². The second kappa shape index (κ2) is 10.5. The van der Waals surface area contributed by atoms with E-state index in [1.807, 2.05) is 31.5 Å². The highest BCUT2D eigenvalue weighted by Crippen LogP contribution is 2.36. The van der Waals surface area contributed by atoms with Crippen molar-refractivity contribution in [3.8, 4) is 22.8 Å². The molecule has 5 heterocycles. The number of rotatable bonds is 5.